The summed E-state index contributed by atoms with van der Waals surface area (Å²) in [6.45, 7) is 7.18. The Morgan fingerprint density at radius 1 is 1.46 bits per heavy atom. The predicted molar refractivity (Wildman–Crippen MR) is 110 cm³/mol. The number of thiazole rings is 1. The molecule has 2 N–H and O–H groups in total. The van der Waals surface area contributed by atoms with E-state index < -0.39 is 11.9 Å². The maximum absolute atomic E-state index is 12.5. The number of hydrogen-bond acceptors (Lipinski definition) is 4. The zero-order valence-electron chi connectivity index (χ0n) is 14.7. The van der Waals surface area contributed by atoms with E-state index in [9.17, 15) is 13.2 Å². The van der Waals surface area contributed by atoms with Crippen LogP contribution in [0.15, 0.2) is 23.0 Å². The van der Waals surface area contributed by atoms with Crippen molar-refractivity contribution in [3.05, 3.63) is 28.7 Å². The summed E-state index contributed by atoms with van der Waals surface area (Å²) in [6, 6.07) is 0.351. The number of aromatic nitrogens is 1. The smallest absolute Gasteiger partial charge is 0.356 e. The van der Waals surface area contributed by atoms with Gasteiger partial charge in [-0.25, -0.2) is 4.98 Å². The average molecular weight is 503 g/mol. The largest absolute Gasteiger partial charge is 0.434 e. The van der Waals surface area contributed by atoms with Gasteiger partial charge in [-0.1, -0.05) is 6.08 Å². The second-order valence-electron chi connectivity index (χ2n) is 5.88. The maximum atomic E-state index is 12.5. The first kappa shape index (κ1) is 23.2. The minimum absolute atomic E-state index is 0. The number of rotatable bonds is 6. The molecule has 1 aliphatic heterocycles. The van der Waals surface area contributed by atoms with E-state index in [1.165, 1.54) is 0 Å². The molecule has 0 atom stereocenters. The van der Waals surface area contributed by atoms with E-state index in [2.05, 4.69) is 32.1 Å². The van der Waals surface area contributed by atoms with Crippen molar-refractivity contribution in [1.82, 2.24) is 20.5 Å². The second-order valence-corrected chi connectivity index (χ2v) is 6.82. The normalized spacial score (nSPS) is 16.8. The van der Waals surface area contributed by atoms with Gasteiger partial charge < -0.3 is 10.6 Å². The highest BCUT2D eigenvalue weighted by atomic mass is 127. The van der Waals surface area contributed by atoms with E-state index in [1.807, 2.05) is 6.08 Å². The topological polar surface area (TPSA) is 52.5 Å². The molecule has 0 unspecified atom stereocenters. The van der Waals surface area contributed by atoms with Crippen LogP contribution in [0.3, 0.4) is 0 Å². The van der Waals surface area contributed by atoms with Crippen molar-refractivity contribution in [3.8, 4) is 0 Å². The van der Waals surface area contributed by atoms with Crippen LogP contribution in [0.4, 0.5) is 13.2 Å². The Hall–Kier alpha value is -0.880. The van der Waals surface area contributed by atoms with Crippen molar-refractivity contribution in [3.63, 3.8) is 0 Å². The number of halogens is 4. The first-order valence-corrected chi connectivity index (χ1v) is 9.12. The van der Waals surface area contributed by atoms with Gasteiger partial charge in [0.1, 0.15) is 0 Å². The molecular formula is C16H25F3IN5S. The highest BCUT2D eigenvalue weighted by Gasteiger charge is 2.33. The zero-order valence-corrected chi connectivity index (χ0v) is 17.8. The summed E-state index contributed by atoms with van der Waals surface area (Å²) in [6.07, 6.45) is 0.0163. The van der Waals surface area contributed by atoms with Gasteiger partial charge in [0.25, 0.3) is 0 Å². The lowest BCUT2D eigenvalue weighted by Crippen LogP contribution is -2.49. The summed E-state index contributed by atoms with van der Waals surface area (Å²) in [5.41, 5.74) is -0.818. The van der Waals surface area contributed by atoms with E-state index in [0.29, 0.717) is 30.0 Å². The Labute approximate surface area is 173 Å². The van der Waals surface area contributed by atoms with Crippen LogP contribution in [-0.2, 0) is 12.6 Å². The van der Waals surface area contributed by atoms with E-state index >= 15 is 0 Å². The average Bonchev–Trinajstić information content (AvgIpc) is 3.05. The summed E-state index contributed by atoms with van der Waals surface area (Å²) < 4.78 is 37.6. The van der Waals surface area contributed by atoms with E-state index in [0.717, 1.165) is 49.2 Å². The van der Waals surface area contributed by atoms with E-state index in [4.69, 9.17) is 0 Å². The molecule has 0 saturated carbocycles. The van der Waals surface area contributed by atoms with E-state index in [1.54, 1.807) is 7.05 Å². The number of aliphatic imine (C=N–C) groups is 1. The van der Waals surface area contributed by atoms with Gasteiger partial charge in [-0.05, 0) is 12.8 Å². The van der Waals surface area contributed by atoms with Crippen molar-refractivity contribution < 1.29 is 13.2 Å². The molecule has 0 aliphatic carbocycles. The van der Waals surface area contributed by atoms with Crippen LogP contribution >= 0.6 is 35.3 Å². The summed E-state index contributed by atoms with van der Waals surface area (Å²) in [5.74, 6) is 0.676. The third kappa shape index (κ3) is 7.39. The van der Waals surface area contributed by atoms with Crippen molar-refractivity contribution in [2.45, 2.75) is 31.5 Å². The third-order valence-corrected chi connectivity index (χ3v) is 4.92. The fourth-order valence-electron chi connectivity index (χ4n) is 2.67. The molecule has 1 aromatic heterocycles. The fourth-order valence-corrected chi connectivity index (χ4v) is 3.48. The van der Waals surface area contributed by atoms with Gasteiger partial charge >= 0.3 is 6.18 Å². The van der Waals surface area contributed by atoms with Crippen LogP contribution in [-0.4, -0.2) is 55.1 Å². The monoisotopic (exact) mass is 503 g/mol. The lowest BCUT2D eigenvalue weighted by Gasteiger charge is -2.32. The quantitative estimate of drug-likeness (QED) is 0.271. The molecule has 1 aliphatic rings. The number of likely N-dealkylation sites (tertiary alicyclic amines) is 1. The van der Waals surface area contributed by atoms with Crippen molar-refractivity contribution >= 4 is 41.3 Å². The molecule has 0 spiro atoms. The number of guanidine groups is 1. The molecule has 0 amide bonds. The zero-order chi connectivity index (χ0) is 18.3. The van der Waals surface area contributed by atoms with Crippen molar-refractivity contribution in [2.75, 3.05) is 33.2 Å². The fraction of sp³-hybridized carbons (Fsp3) is 0.625. The first-order valence-electron chi connectivity index (χ1n) is 8.24. The minimum Gasteiger partial charge on any atom is -0.356 e. The Morgan fingerprint density at radius 2 is 2.15 bits per heavy atom. The van der Waals surface area contributed by atoms with Crippen LogP contribution < -0.4 is 10.6 Å². The molecule has 0 aromatic carbocycles. The molecule has 148 valence electrons. The Kier molecular flexibility index (Phi) is 9.86. The Morgan fingerprint density at radius 3 is 2.69 bits per heavy atom. The summed E-state index contributed by atoms with van der Waals surface area (Å²) in [7, 11) is 1.69. The van der Waals surface area contributed by atoms with Crippen molar-refractivity contribution in [2.24, 2.45) is 4.99 Å². The molecule has 1 fully saturated rings. The number of nitrogens with one attached hydrogen (secondary N) is 2. The Bertz CT molecular complexity index is 583. The molecule has 1 aromatic rings. The third-order valence-electron chi connectivity index (χ3n) is 4.01. The lowest BCUT2D eigenvalue weighted by atomic mass is 10.1. The van der Waals surface area contributed by atoms with Gasteiger partial charge in [-0.2, -0.15) is 13.2 Å². The molecule has 5 nitrogen and oxygen atoms in total. The standard InChI is InChI=1S/C16H24F3N5S.HI/c1-3-8-24-9-5-12(6-10-24)22-15(20-2)21-7-4-14-23-13(11-25-14)16(17,18)19;/h3,11-12H,1,4-10H2,2H3,(H2,20,21,22);1H. The van der Waals surface area contributed by atoms with Crippen LogP contribution in [0.1, 0.15) is 23.5 Å². The van der Waals surface area contributed by atoms with Crippen LogP contribution in [0.5, 0.6) is 0 Å². The number of piperidine rings is 1. The Balaban J connectivity index is 0.00000338. The summed E-state index contributed by atoms with van der Waals surface area (Å²) in [5, 5.41) is 8.04. The van der Waals surface area contributed by atoms with Gasteiger partial charge in [0.15, 0.2) is 11.7 Å². The molecule has 10 heteroatoms. The van der Waals surface area contributed by atoms with Crippen molar-refractivity contribution in [1.29, 1.82) is 0 Å². The number of alkyl halides is 3. The summed E-state index contributed by atoms with van der Waals surface area (Å²) >= 11 is 1.03. The van der Waals surface area contributed by atoms with Gasteiger partial charge in [0, 0.05) is 51.1 Å². The predicted octanol–water partition coefficient (Wildman–Crippen LogP) is 3.14. The molecule has 0 bridgehead atoms. The first-order chi connectivity index (χ1) is 11.9. The van der Waals surface area contributed by atoms with Gasteiger partial charge in [-0.3, -0.25) is 9.89 Å². The molecule has 2 heterocycles. The minimum atomic E-state index is -4.37. The summed E-state index contributed by atoms with van der Waals surface area (Å²) in [4.78, 5) is 10.2. The highest BCUT2D eigenvalue weighted by Crippen LogP contribution is 2.29. The molecule has 1 saturated heterocycles. The molecular weight excluding hydrogens is 478 g/mol. The van der Waals surface area contributed by atoms with Gasteiger partial charge in [0.2, 0.25) is 0 Å². The second kappa shape index (κ2) is 11.1. The van der Waals surface area contributed by atoms with Crippen LogP contribution in [0.25, 0.3) is 0 Å². The molecule has 2 rings (SSSR count). The lowest BCUT2D eigenvalue weighted by molar-refractivity contribution is -0.140. The maximum Gasteiger partial charge on any atom is 0.434 e. The van der Waals surface area contributed by atoms with E-state index in [-0.39, 0.29) is 24.0 Å². The highest BCUT2D eigenvalue weighted by molar-refractivity contribution is 14.0. The molecule has 0 radical (unpaired) electrons. The van der Waals surface area contributed by atoms with Gasteiger partial charge in [0.05, 0.1) is 5.01 Å². The van der Waals surface area contributed by atoms with Gasteiger partial charge in [-0.15, -0.1) is 41.9 Å². The van der Waals surface area contributed by atoms with Crippen LogP contribution in [0.2, 0.25) is 0 Å². The van der Waals surface area contributed by atoms with Crippen LogP contribution in [0, 0.1) is 0 Å². The SMILES string of the molecule is C=CCN1CCC(NC(=NC)NCCc2nc(C(F)(F)F)cs2)CC1.I. The number of hydrogen-bond donors (Lipinski definition) is 2. The number of nitrogens with zero attached hydrogens (tertiary/aromatic N) is 3. The molecule has 26 heavy (non-hydrogen) atoms.